The van der Waals surface area contributed by atoms with Crippen molar-refractivity contribution in [3.05, 3.63) is 29.6 Å². The van der Waals surface area contributed by atoms with Gasteiger partial charge in [0.25, 0.3) is 0 Å². The zero-order valence-corrected chi connectivity index (χ0v) is 11.3. The maximum absolute atomic E-state index is 13.9. The number of halogens is 1. The van der Waals surface area contributed by atoms with Gasteiger partial charge in [-0.1, -0.05) is 12.5 Å². The Hall–Kier alpha value is -1.09. The normalized spacial score (nSPS) is 23.3. The fourth-order valence-electron chi connectivity index (χ4n) is 2.66. The summed E-state index contributed by atoms with van der Waals surface area (Å²) >= 11 is 0. The maximum atomic E-state index is 13.9. The zero-order valence-electron chi connectivity index (χ0n) is 11.3. The van der Waals surface area contributed by atoms with Crippen LogP contribution in [0.25, 0.3) is 0 Å². The van der Waals surface area contributed by atoms with Crippen LogP contribution in [0.15, 0.2) is 18.2 Å². The van der Waals surface area contributed by atoms with E-state index >= 15 is 0 Å². The van der Waals surface area contributed by atoms with Gasteiger partial charge in [0.2, 0.25) is 0 Å². The van der Waals surface area contributed by atoms with Crippen molar-refractivity contribution in [2.24, 2.45) is 5.92 Å². The van der Waals surface area contributed by atoms with Gasteiger partial charge in [-0.05, 0) is 62.3 Å². The Morgan fingerprint density at radius 3 is 2.79 bits per heavy atom. The molecule has 19 heavy (non-hydrogen) atoms. The van der Waals surface area contributed by atoms with Gasteiger partial charge < -0.3 is 10.1 Å². The second kappa shape index (κ2) is 5.91. The van der Waals surface area contributed by atoms with Crippen LogP contribution < -0.4 is 10.1 Å². The Bertz CT molecular complexity index is 425. The summed E-state index contributed by atoms with van der Waals surface area (Å²) in [5.41, 5.74) is 1.07. The molecule has 3 heteroatoms. The summed E-state index contributed by atoms with van der Waals surface area (Å²) in [4.78, 5) is 0. The van der Waals surface area contributed by atoms with E-state index in [1.165, 1.54) is 32.1 Å². The lowest BCUT2D eigenvalue weighted by molar-refractivity contribution is 0.285. The van der Waals surface area contributed by atoms with Crippen LogP contribution in [0, 0.1) is 11.7 Å². The highest BCUT2D eigenvalue weighted by molar-refractivity contribution is 5.30. The summed E-state index contributed by atoms with van der Waals surface area (Å²) in [5.74, 6) is 0.853. The molecule has 1 aliphatic heterocycles. The number of rotatable bonds is 5. The van der Waals surface area contributed by atoms with Crippen molar-refractivity contribution in [3.63, 3.8) is 0 Å². The first-order chi connectivity index (χ1) is 9.31. The summed E-state index contributed by atoms with van der Waals surface area (Å²) in [7, 11) is 0. The second-order valence-electron chi connectivity index (χ2n) is 5.87. The molecule has 2 nitrogen and oxygen atoms in total. The van der Waals surface area contributed by atoms with Crippen molar-refractivity contribution < 1.29 is 9.13 Å². The van der Waals surface area contributed by atoms with Crippen LogP contribution in [-0.2, 0) is 6.42 Å². The van der Waals surface area contributed by atoms with Crippen LogP contribution in [0.3, 0.4) is 0 Å². The fraction of sp³-hybridized carbons (Fsp3) is 0.625. The van der Waals surface area contributed by atoms with E-state index in [1.807, 2.05) is 6.07 Å². The van der Waals surface area contributed by atoms with E-state index in [2.05, 4.69) is 5.32 Å². The van der Waals surface area contributed by atoms with Gasteiger partial charge >= 0.3 is 0 Å². The van der Waals surface area contributed by atoms with Gasteiger partial charge in [0.05, 0.1) is 6.61 Å². The van der Waals surface area contributed by atoms with Crippen LogP contribution in [0.1, 0.15) is 37.7 Å². The highest BCUT2D eigenvalue weighted by Crippen LogP contribution is 2.30. The minimum absolute atomic E-state index is 0.214. The average Bonchev–Trinajstić information content (AvgIpc) is 3.23. The SMILES string of the molecule is Fc1cc(CC2CCCCN2)ccc1OCC1CC1. The van der Waals surface area contributed by atoms with E-state index < -0.39 is 0 Å². The van der Waals surface area contributed by atoms with Gasteiger partial charge in [-0.15, -0.1) is 0 Å². The molecule has 1 aromatic rings. The summed E-state index contributed by atoms with van der Waals surface area (Å²) < 4.78 is 19.4. The molecule has 1 atom stereocenters. The topological polar surface area (TPSA) is 21.3 Å². The molecule has 1 heterocycles. The first-order valence-electron chi connectivity index (χ1n) is 7.46. The van der Waals surface area contributed by atoms with Crippen molar-refractivity contribution >= 4 is 0 Å². The molecule has 1 saturated carbocycles. The molecule has 1 aromatic carbocycles. The van der Waals surface area contributed by atoms with Gasteiger partial charge in [-0.2, -0.15) is 0 Å². The Morgan fingerprint density at radius 2 is 2.11 bits per heavy atom. The first-order valence-corrected chi connectivity index (χ1v) is 7.46. The summed E-state index contributed by atoms with van der Waals surface area (Å²) in [6.45, 7) is 1.76. The Kier molecular flexibility index (Phi) is 4.02. The van der Waals surface area contributed by atoms with Crippen molar-refractivity contribution in [2.45, 2.75) is 44.6 Å². The number of hydrogen-bond acceptors (Lipinski definition) is 2. The third kappa shape index (κ3) is 3.69. The predicted octanol–water partition coefficient (Wildman–Crippen LogP) is 3.30. The van der Waals surface area contributed by atoms with Crippen LogP contribution in [0.4, 0.5) is 4.39 Å². The standard InChI is InChI=1S/C16H22FNO/c17-15-10-13(9-14-3-1-2-8-18-14)6-7-16(15)19-11-12-4-5-12/h6-7,10,12,14,18H,1-5,8-9,11H2. The van der Waals surface area contributed by atoms with Crippen molar-refractivity contribution in [2.75, 3.05) is 13.2 Å². The van der Waals surface area contributed by atoms with E-state index in [0.717, 1.165) is 18.5 Å². The number of benzene rings is 1. The molecule has 1 saturated heterocycles. The quantitative estimate of drug-likeness (QED) is 0.880. The zero-order chi connectivity index (χ0) is 13.1. The molecule has 2 fully saturated rings. The van der Waals surface area contributed by atoms with Crippen molar-refractivity contribution in [3.8, 4) is 5.75 Å². The molecule has 1 unspecified atom stereocenters. The van der Waals surface area contributed by atoms with Crippen molar-refractivity contribution in [1.29, 1.82) is 0 Å². The molecular weight excluding hydrogens is 241 g/mol. The van der Waals surface area contributed by atoms with E-state index in [1.54, 1.807) is 12.1 Å². The lowest BCUT2D eigenvalue weighted by Gasteiger charge is -2.23. The lowest BCUT2D eigenvalue weighted by atomic mass is 9.98. The van der Waals surface area contributed by atoms with E-state index in [-0.39, 0.29) is 5.82 Å². The van der Waals surface area contributed by atoms with Crippen molar-refractivity contribution in [1.82, 2.24) is 5.32 Å². The fourth-order valence-corrected chi connectivity index (χ4v) is 2.66. The molecule has 1 N–H and O–H groups in total. The van der Waals surface area contributed by atoms with Gasteiger partial charge in [-0.3, -0.25) is 0 Å². The third-order valence-corrected chi connectivity index (χ3v) is 4.06. The van der Waals surface area contributed by atoms with Crippen LogP contribution in [0.5, 0.6) is 5.75 Å². The Balaban J connectivity index is 1.57. The van der Waals surface area contributed by atoms with E-state index in [9.17, 15) is 4.39 Å². The molecular formula is C16H22FNO. The second-order valence-corrected chi connectivity index (χ2v) is 5.87. The van der Waals surface area contributed by atoms with Gasteiger partial charge in [0.1, 0.15) is 0 Å². The number of hydrogen-bond donors (Lipinski definition) is 1. The molecule has 3 rings (SSSR count). The van der Waals surface area contributed by atoms with E-state index in [4.69, 9.17) is 4.74 Å². The number of nitrogens with one attached hydrogen (secondary N) is 1. The predicted molar refractivity (Wildman–Crippen MR) is 74.0 cm³/mol. The molecule has 2 aliphatic rings. The Morgan fingerprint density at radius 1 is 1.21 bits per heavy atom. The molecule has 104 valence electrons. The highest BCUT2D eigenvalue weighted by Gasteiger charge is 2.22. The van der Waals surface area contributed by atoms with Gasteiger partial charge in [0.15, 0.2) is 11.6 Å². The maximum Gasteiger partial charge on any atom is 0.165 e. The largest absolute Gasteiger partial charge is 0.490 e. The molecule has 1 aliphatic carbocycles. The molecule has 0 amide bonds. The van der Waals surface area contributed by atoms with Crippen LogP contribution in [0.2, 0.25) is 0 Å². The molecule has 0 spiro atoms. The van der Waals surface area contributed by atoms with E-state index in [0.29, 0.717) is 24.3 Å². The van der Waals surface area contributed by atoms with Gasteiger partial charge in [0, 0.05) is 6.04 Å². The van der Waals surface area contributed by atoms with Crippen LogP contribution in [-0.4, -0.2) is 19.2 Å². The minimum Gasteiger partial charge on any atom is -0.490 e. The van der Waals surface area contributed by atoms with Gasteiger partial charge in [-0.25, -0.2) is 4.39 Å². The first kappa shape index (κ1) is 12.9. The monoisotopic (exact) mass is 263 g/mol. The average molecular weight is 263 g/mol. The molecule has 0 aromatic heterocycles. The summed E-state index contributed by atoms with van der Waals surface area (Å²) in [6.07, 6.45) is 7.11. The number of ether oxygens (including phenoxy) is 1. The molecule has 0 bridgehead atoms. The molecule has 0 radical (unpaired) electrons. The highest BCUT2D eigenvalue weighted by atomic mass is 19.1. The van der Waals surface area contributed by atoms with Crippen LogP contribution >= 0.6 is 0 Å². The minimum atomic E-state index is -0.214. The summed E-state index contributed by atoms with van der Waals surface area (Å²) in [5, 5.41) is 3.50. The Labute approximate surface area is 114 Å². The lowest BCUT2D eigenvalue weighted by Crippen LogP contribution is -2.35. The third-order valence-electron chi connectivity index (χ3n) is 4.06. The smallest absolute Gasteiger partial charge is 0.165 e. The number of piperidine rings is 1. The summed E-state index contributed by atoms with van der Waals surface area (Å²) in [6, 6.07) is 5.93.